The molecule has 1 heterocycles. The Kier molecular flexibility index (Phi) is 2.49. The van der Waals surface area contributed by atoms with Crippen LogP contribution in [-0.2, 0) is 12.8 Å². The first-order valence-corrected chi connectivity index (χ1v) is 7.09. The Hall–Kier alpha value is -2.35. The first kappa shape index (κ1) is 11.5. The number of nitrogens with zero attached hydrogens (tertiary/aromatic N) is 1. The average Bonchev–Trinajstić information content (AvgIpc) is 2.98. The van der Waals surface area contributed by atoms with Gasteiger partial charge in [-0.15, -0.1) is 0 Å². The minimum atomic E-state index is 0.875. The summed E-state index contributed by atoms with van der Waals surface area (Å²) < 4.78 is 0. The van der Waals surface area contributed by atoms with Gasteiger partial charge < -0.3 is 5.73 Å². The lowest BCUT2D eigenvalue weighted by Crippen LogP contribution is -2.00. The molecule has 3 aromatic rings. The molecule has 0 aliphatic heterocycles. The van der Waals surface area contributed by atoms with Crippen LogP contribution in [0.3, 0.4) is 0 Å². The number of aryl methyl sites for hydroxylation is 1. The van der Waals surface area contributed by atoms with E-state index in [2.05, 4.69) is 35.3 Å². The van der Waals surface area contributed by atoms with E-state index in [1.807, 2.05) is 18.3 Å². The summed E-state index contributed by atoms with van der Waals surface area (Å²) in [6, 6.07) is 14.5. The van der Waals surface area contributed by atoms with E-state index < -0.39 is 0 Å². The van der Waals surface area contributed by atoms with Crippen LogP contribution in [0, 0.1) is 0 Å². The molecule has 2 heteroatoms. The number of aromatic nitrogens is 1. The highest BCUT2D eigenvalue weighted by Crippen LogP contribution is 2.42. The molecular weight excluding hydrogens is 244 g/mol. The zero-order valence-electron chi connectivity index (χ0n) is 11.3. The topological polar surface area (TPSA) is 38.9 Å². The molecule has 1 aromatic heterocycles. The Balaban J connectivity index is 2.14. The standard InChI is InChI=1S/C18H16N2/c19-17-15-10-5-11-20-18(15)14-9-4-8-13(14)16(17)12-6-2-1-3-7-12/h1-3,5-7,10-11H,4,8-9,19H2. The van der Waals surface area contributed by atoms with Crippen molar-refractivity contribution >= 4 is 16.6 Å². The summed E-state index contributed by atoms with van der Waals surface area (Å²) in [5.41, 5.74) is 13.7. The van der Waals surface area contributed by atoms with Crippen molar-refractivity contribution in [3.63, 3.8) is 0 Å². The van der Waals surface area contributed by atoms with Crippen LogP contribution in [0.4, 0.5) is 5.69 Å². The van der Waals surface area contributed by atoms with Crippen LogP contribution in [-0.4, -0.2) is 4.98 Å². The number of nitrogen functional groups attached to an aromatic ring is 1. The molecule has 0 saturated carbocycles. The van der Waals surface area contributed by atoms with Gasteiger partial charge in [-0.2, -0.15) is 0 Å². The number of hydrogen-bond acceptors (Lipinski definition) is 2. The van der Waals surface area contributed by atoms with E-state index in [9.17, 15) is 0 Å². The van der Waals surface area contributed by atoms with Gasteiger partial charge in [0.2, 0.25) is 0 Å². The summed E-state index contributed by atoms with van der Waals surface area (Å²) in [4.78, 5) is 4.57. The summed E-state index contributed by atoms with van der Waals surface area (Å²) >= 11 is 0. The van der Waals surface area contributed by atoms with Crippen LogP contribution in [0.2, 0.25) is 0 Å². The number of hydrogen-bond donors (Lipinski definition) is 1. The van der Waals surface area contributed by atoms with Gasteiger partial charge in [0, 0.05) is 22.8 Å². The van der Waals surface area contributed by atoms with E-state index in [4.69, 9.17) is 5.73 Å². The first-order chi connectivity index (χ1) is 9.86. The van der Waals surface area contributed by atoms with Gasteiger partial charge in [0.1, 0.15) is 0 Å². The lowest BCUT2D eigenvalue weighted by atomic mass is 9.92. The molecule has 20 heavy (non-hydrogen) atoms. The molecule has 0 atom stereocenters. The minimum absolute atomic E-state index is 0.875. The highest BCUT2D eigenvalue weighted by Gasteiger charge is 2.22. The molecule has 2 nitrogen and oxygen atoms in total. The summed E-state index contributed by atoms with van der Waals surface area (Å²) in [6.45, 7) is 0. The maximum atomic E-state index is 6.48. The van der Waals surface area contributed by atoms with Gasteiger partial charge in [0.25, 0.3) is 0 Å². The van der Waals surface area contributed by atoms with E-state index in [-0.39, 0.29) is 0 Å². The number of benzene rings is 2. The predicted molar refractivity (Wildman–Crippen MR) is 83.6 cm³/mol. The Bertz CT molecular complexity index is 791. The van der Waals surface area contributed by atoms with Crippen LogP contribution < -0.4 is 5.73 Å². The van der Waals surface area contributed by atoms with Gasteiger partial charge in [0.15, 0.2) is 0 Å². The number of nitrogens with two attached hydrogens (primary N) is 1. The summed E-state index contributed by atoms with van der Waals surface area (Å²) in [5, 5.41) is 1.09. The molecule has 2 N–H and O–H groups in total. The molecule has 4 rings (SSSR count). The smallest absolute Gasteiger partial charge is 0.0757 e. The number of fused-ring (bicyclic) bond motifs is 3. The van der Waals surface area contributed by atoms with Crippen LogP contribution in [0.5, 0.6) is 0 Å². The Morgan fingerprint density at radius 3 is 2.55 bits per heavy atom. The van der Waals surface area contributed by atoms with Gasteiger partial charge in [-0.25, -0.2) is 0 Å². The summed E-state index contributed by atoms with van der Waals surface area (Å²) in [7, 11) is 0. The first-order valence-electron chi connectivity index (χ1n) is 7.09. The second kappa shape index (κ2) is 4.34. The molecule has 0 spiro atoms. The quantitative estimate of drug-likeness (QED) is 0.672. The molecule has 0 amide bonds. The minimum Gasteiger partial charge on any atom is -0.398 e. The summed E-state index contributed by atoms with van der Waals surface area (Å²) in [6.07, 6.45) is 5.28. The average molecular weight is 260 g/mol. The van der Waals surface area contributed by atoms with Crippen molar-refractivity contribution in [1.29, 1.82) is 0 Å². The molecule has 1 aliphatic carbocycles. The van der Waals surface area contributed by atoms with E-state index in [1.54, 1.807) is 0 Å². The third-order valence-electron chi connectivity index (χ3n) is 4.24. The third kappa shape index (κ3) is 1.54. The van der Waals surface area contributed by atoms with Crippen LogP contribution in [0.1, 0.15) is 17.5 Å². The molecule has 2 aromatic carbocycles. The third-order valence-corrected chi connectivity index (χ3v) is 4.24. The van der Waals surface area contributed by atoms with Crippen LogP contribution in [0.25, 0.3) is 22.0 Å². The van der Waals surface area contributed by atoms with Crippen molar-refractivity contribution in [3.8, 4) is 11.1 Å². The van der Waals surface area contributed by atoms with Crippen molar-refractivity contribution in [2.24, 2.45) is 0 Å². The van der Waals surface area contributed by atoms with Crippen molar-refractivity contribution in [2.75, 3.05) is 5.73 Å². The zero-order chi connectivity index (χ0) is 13.5. The fourth-order valence-corrected chi connectivity index (χ4v) is 3.38. The number of rotatable bonds is 1. The van der Waals surface area contributed by atoms with Crippen molar-refractivity contribution < 1.29 is 0 Å². The normalized spacial score (nSPS) is 13.6. The maximum Gasteiger partial charge on any atom is 0.0757 e. The van der Waals surface area contributed by atoms with Crippen molar-refractivity contribution in [1.82, 2.24) is 4.98 Å². The Morgan fingerprint density at radius 1 is 0.900 bits per heavy atom. The van der Waals surface area contributed by atoms with Crippen molar-refractivity contribution in [2.45, 2.75) is 19.3 Å². The fraction of sp³-hybridized carbons (Fsp3) is 0.167. The molecule has 0 bridgehead atoms. The zero-order valence-corrected chi connectivity index (χ0v) is 11.3. The fourth-order valence-electron chi connectivity index (χ4n) is 3.38. The van der Waals surface area contributed by atoms with Gasteiger partial charge in [-0.1, -0.05) is 30.3 Å². The van der Waals surface area contributed by atoms with Gasteiger partial charge in [0.05, 0.1) is 5.52 Å². The van der Waals surface area contributed by atoms with Crippen LogP contribution >= 0.6 is 0 Å². The predicted octanol–water partition coefficient (Wildman–Crippen LogP) is 3.97. The lowest BCUT2D eigenvalue weighted by molar-refractivity contribution is 0.913. The van der Waals surface area contributed by atoms with Gasteiger partial charge in [-0.3, -0.25) is 4.98 Å². The second-order valence-electron chi connectivity index (χ2n) is 5.36. The SMILES string of the molecule is Nc1c(-c2ccccc2)c2c(c3ncccc13)CCC2. The number of pyridine rings is 1. The monoisotopic (exact) mass is 260 g/mol. The van der Waals surface area contributed by atoms with Gasteiger partial charge >= 0.3 is 0 Å². The molecule has 1 aliphatic rings. The largest absolute Gasteiger partial charge is 0.398 e. The Labute approximate surface area is 118 Å². The molecule has 0 fully saturated rings. The highest BCUT2D eigenvalue weighted by atomic mass is 14.7. The van der Waals surface area contributed by atoms with Crippen molar-refractivity contribution in [3.05, 3.63) is 59.8 Å². The Morgan fingerprint density at radius 2 is 1.70 bits per heavy atom. The molecular formula is C18H16N2. The molecule has 0 saturated heterocycles. The van der Waals surface area contributed by atoms with E-state index in [0.717, 1.165) is 29.4 Å². The molecule has 98 valence electrons. The summed E-state index contributed by atoms with van der Waals surface area (Å²) in [5.74, 6) is 0. The van der Waals surface area contributed by atoms with E-state index in [1.165, 1.54) is 28.7 Å². The maximum absolute atomic E-state index is 6.48. The van der Waals surface area contributed by atoms with Gasteiger partial charge in [-0.05, 0) is 48.1 Å². The molecule has 0 unspecified atom stereocenters. The highest BCUT2D eigenvalue weighted by molar-refractivity contribution is 6.02. The second-order valence-corrected chi connectivity index (χ2v) is 5.36. The number of anilines is 1. The van der Waals surface area contributed by atoms with Crippen LogP contribution in [0.15, 0.2) is 48.7 Å². The molecule has 0 radical (unpaired) electrons. The van der Waals surface area contributed by atoms with E-state index >= 15 is 0 Å². The van der Waals surface area contributed by atoms with E-state index in [0.29, 0.717) is 0 Å². The lowest BCUT2D eigenvalue weighted by Gasteiger charge is -2.15.